The van der Waals surface area contributed by atoms with Gasteiger partial charge >= 0.3 is 0 Å². The molecule has 1 heteroatoms. The maximum Gasteiger partial charge on any atom is 0.0447 e. The van der Waals surface area contributed by atoms with E-state index in [1.54, 1.807) is 5.57 Å². The van der Waals surface area contributed by atoms with Gasteiger partial charge in [0.05, 0.1) is 0 Å². The average molecular weight is 301 g/mol. The summed E-state index contributed by atoms with van der Waals surface area (Å²) in [5.41, 5.74) is 2.38. The second-order valence-electron chi connectivity index (χ2n) is 7.01. The average Bonchev–Trinajstić information content (AvgIpc) is 2.96. The van der Waals surface area contributed by atoms with Crippen molar-refractivity contribution in [2.45, 2.75) is 69.9 Å². The van der Waals surface area contributed by atoms with Crippen molar-refractivity contribution in [2.75, 3.05) is 0 Å². The maximum atomic E-state index is 2.59. The normalized spacial score (nSPS) is 29.5. The third-order valence-corrected chi connectivity index (χ3v) is 7.94. The number of rotatable bonds is 8. The Morgan fingerprint density at radius 1 is 1.29 bits per heavy atom. The highest BCUT2D eigenvalue weighted by atomic mass is 28.2. The highest BCUT2D eigenvalue weighted by molar-refractivity contribution is 6.44. The minimum absolute atomic E-state index is 0.166. The van der Waals surface area contributed by atoms with Gasteiger partial charge in [0, 0.05) is 9.52 Å². The molecule has 0 fully saturated rings. The molecule has 0 saturated heterocycles. The Bertz CT molecular complexity index is 441. The van der Waals surface area contributed by atoms with E-state index in [4.69, 9.17) is 0 Å². The highest BCUT2D eigenvalue weighted by Crippen LogP contribution is 2.44. The van der Waals surface area contributed by atoms with Crippen LogP contribution in [0.15, 0.2) is 48.1 Å². The van der Waals surface area contributed by atoms with Crippen LogP contribution in [0.1, 0.15) is 59.3 Å². The van der Waals surface area contributed by atoms with E-state index in [9.17, 15) is 0 Å². The molecule has 21 heavy (non-hydrogen) atoms. The van der Waals surface area contributed by atoms with Gasteiger partial charge in [-0.25, -0.2) is 0 Å². The summed E-state index contributed by atoms with van der Waals surface area (Å²) >= 11 is 0. The van der Waals surface area contributed by atoms with Crippen LogP contribution >= 0.6 is 0 Å². The summed E-state index contributed by atoms with van der Waals surface area (Å²) in [5, 5.41) is 0.542. The van der Waals surface area contributed by atoms with Gasteiger partial charge in [-0.2, -0.15) is 0 Å². The zero-order chi connectivity index (χ0) is 15.1. The number of hydrogen-bond donors (Lipinski definition) is 0. The van der Waals surface area contributed by atoms with Crippen LogP contribution in [0.25, 0.3) is 0 Å². The first kappa shape index (κ1) is 16.5. The van der Waals surface area contributed by atoms with Crippen molar-refractivity contribution in [3.63, 3.8) is 0 Å². The first-order chi connectivity index (χ1) is 10.2. The molecule has 0 aromatic carbocycles. The Labute approximate surface area is 133 Å². The minimum atomic E-state index is -0.166. The van der Waals surface area contributed by atoms with Gasteiger partial charge in [0.25, 0.3) is 0 Å². The third-order valence-electron chi connectivity index (χ3n) is 5.27. The molecule has 0 aromatic rings. The Morgan fingerprint density at radius 3 is 2.81 bits per heavy atom. The predicted octanol–water partition coefficient (Wildman–Crippen LogP) is 5.74. The molecule has 3 unspecified atom stereocenters. The van der Waals surface area contributed by atoms with Crippen molar-refractivity contribution < 1.29 is 0 Å². The molecular formula is C20H32Si. The van der Waals surface area contributed by atoms with E-state index < -0.39 is 0 Å². The first-order valence-corrected chi connectivity index (χ1v) is 10.5. The molecule has 0 aliphatic heterocycles. The van der Waals surface area contributed by atoms with Crippen LogP contribution in [0.4, 0.5) is 0 Å². The Balaban J connectivity index is 2.00. The lowest BCUT2D eigenvalue weighted by atomic mass is 9.93. The van der Waals surface area contributed by atoms with E-state index >= 15 is 0 Å². The molecule has 0 nitrogen and oxygen atoms in total. The third kappa shape index (κ3) is 4.57. The monoisotopic (exact) mass is 300 g/mol. The molecule has 2 aliphatic rings. The fraction of sp³-hybridized carbons (Fsp3) is 0.600. The van der Waals surface area contributed by atoms with E-state index in [1.165, 1.54) is 38.5 Å². The highest BCUT2D eigenvalue weighted by Gasteiger charge is 2.30. The lowest BCUT2D eigenvalue weighted by Crippen LogP contribution is -2.22. The standard InChI is InChI=1S/C20H32Si/c1-4-6-8-13-20(14-9-7-10-15-20)21-19-12-11-18(16-19)17(3)5-2/h7,9-12,14,16-17,19H,4-6,8,13,15,21H2,1-3H3. The summed E-state index contributed by atoms with van der Waals surface area (Å²) in [6.07, 6.45) is 25.1. The molecular weight excluding hydrogens is 268 g/mol. The molecule has 0 aromatic heterocycles. The smallest absolute Gasteiger partial charge is 0.0447 e. The minimum Gasteiger partial charge on any atom is -0.0840 e. The van der Waals surface area contributed by atoms with Gasteiger partial charge in [-0.1, -0.05) is 82.6 Å². The van der Waals surface area contributed by atoms with Crippen molar-refractivity contribution in [3.8, 4) is 0 Å². The summed E-state index contributed by atoms with van der Waals surface area (Å²) < 4.78 is 0. The van der Waals surface area contributed by atoms with Gasteiger partial charge in [0.1, 0.15) is 0 Å². The molecule has 2 rings (SSSR count). The SMILES string of the molecule is CCCCCC1([SiH2]C2C=CC(C(C)CC)=C2)C=CC=CC1. The van der Waals surface area contributed by atoms with Crippen LogP contribution in [-0.2, 0) is 0 Å². The molecule has 0 bridgehead atoms. The quantitative estimate of drug-likeness (QED) is 0.396. The van der Waals surface area contributed by atoms with E-state index in [2.05, 4.69) is 63.3 Å². The zero-order valence-electron chi connectivity index (χ0n) is 14.1. The molecule has 0 N–H and O–H groups in total. The van der Waals surface area contributed by atoms with Gasteiger partial charge in [-0.3, -0.25) is 0 Å². The van der Waals surface area contributed by atoms with Crippen molar-refractivity contribution in [3.05, 3.63) is 48.1 Å². The van der Waals surface area contributed by atoms with Crippen molar-refractivity contribution in [2.24, 2.45) is 5.92 Å². The molecule has 2 aliphatic carbocycles. The van der Waals surface area contributed by atoms with Crippen molar-refractivity contribution >= 4 is 9.52 Å². The molecule has 0 amide bonds. The van der Waals surface area contributed by atoms with Gasteiger partial charge in [0.2, 0.25) is 0 Å². The topological polar surface area (TPSA) is 0 Å². The van der Waals surface area contributed by atoms with Crippen molar-refractivity contribution in [1.29, 1.82) is 0 Å². The lowest BCUT2D eigenvalue weighted by molar-refractivity contribution is 0.552. The molecule has 0 radical (unpaired) electrons. The summed E-state index contributed by atoms with van der Waals surface area (Å²) in [4.78, 5) is 0. The van der Waals surface area contributed by atoms with Crippen LogP contribution < -0.4 is 0 Å². The molecule has 0 saturated carbocycles. The largest absolute Gasteiger partial charge is 0.0840 e. The lowest BCUT2D eigenvalue weighted by Gasteiger charge is -2.33. The Hall–Kier alpha value is -0.823. The van der Waals surface area contributed by atoms with E-state index in [1.807, 2.05) is 0 Å². The number of allylic oxidation sites excluding steroid dienone is 8. The van der Waals surface area contributed by atoms with Crippen LogP contribution in [0.3, 0.4) is 0 Å². The van der Waals surface area contributed by atoms with Crippen LogP contribution in [-0.4, -0.2) is 9.52 Å². The fourth-order valence-corrected chi connectivity index (χ4v) is 6.29. The first-order valence-electron chi connectivity index (χ1n) is 8.93. The van der Waals surface area contributed by atoms with Gasteiger partial charge in [-0.05, 0) is 41.3 Å². The summed E-state index contributed by atoms with van der Waals surface area (Å²) in [6, 6.07) is 0. The summed E-state index contributed by atoms with van der Waals surface area (Å²) in [6.45, 7) is 6.97. The summed E-state index contributed by atoms with van der Waals surface area (Å²) in [5.74, 6) is 0.734. The van der Waals surface area contributed by atoms with E-state index in [-0.39, 0.29) is 9.52 Å². The number of unbranched alkanes of at least 4 members (excludes halogenated alkanes) is 2. The van der Waals surface area contributed by atoms with Crippen LogP contribution in [0.5, 0.6) is 0 Å². The zero-order valence-corrected chi connectivity index (χ0v) is 15.6. The second-order valence-corrected chi connectivity index (χ2v) is 9.77. The van der Waals surface area contributed by atoms with Gasteiger partial charge in [0.15, 0.2) is 0 Å². The van der Waals surface area contributed by atoms with Gasteiger partial charge < -0.3 is 0 Å². The second kappa shape index (κ2) is 7.98. The summed E-state index contributed by atoms with van der Waals surface area (Å²) in [7, 11) is -0.166. The Kier molecular flexibility index (Phi) is 6.29. The fourth-order valence-electron chi connectivity index (χ4n) is 3.63. The molecule has 0 heterocycles. The maximum absolute atomic E-state index is 2.59. The molecule has 116 valence electrons. The van der Waals surface area contributed by atoms with Crippen LogP contribution in [0.2, 0.25) is 10.6 Å². The van der Waals surface area contributed by atoms with Gasteiger partial charge in [-0.15, -0.1) is 0 Å². The number of hydrogen-bond acceptors (Lipinski definition) is 0. The molecule has 0 spiro atoms. The van der Waals surface area contributed by atoms with E-state index in [0.29, 0.717) is 5.04 Å². The Morgan fingerprint density at radius 2 is 2.14 bits per heavy atom. The molecule has 3 atom stereocenters. The van der Waals surface area contributed by atoms with E-state index in [0.717, 1.165) is 11.5 Å². The van der Waals surface area contributed by atoms with Crippen LogP contribution in [0, 0.1) is 5.92 Å². The van der Waals surface area contributed by atoms with Crippen molar-refractivity contribution in [1.82, 2.24) is 0 Å². The predicted molar refractivity (Wildman–Crippen MR) is 98.7 cm³/mol.